The summed E-state index contributed by atoms with van der Waals surface area (Å²) in [5.41, 5.74) is 1.66. The van der Waals surface area contributed by atoms with E-state index in [0.29, 0.717) is 63.5 Å². The van der Waals surface area contributed by atoms with E-state index in [4.69, 9.17) is 9.47 Å². The Morgan fingerprint density at radius 1 is 1.18 bits per heavy atom. The zero-order chi connectivity index (χ0) is 24.3. The molecule has 3 saturated heterocycles. The van der Waals surface area contributed by atoms with Gasteiger partial charge in [0.05, 0.1) is 26.9 Å². The fraction of sp³-hybridized carbons (Fsp3) is 0.565. The first kappa shape index (κ1) is 24.0. The minimum Gasteiger partial charge on any atom is -0.497 e. The summed E-state index contributed by atoms with van der Waals surface area (Å²) in [5.74, 6) is -0.375. The van der Waals surface area contributed by atoms with E-state index in [-0.39, 0.29) is 18.4 Å². The molecule has 5 amide bonds. The van der Waals surface area contributed by atoms with Gasteiger partial charge in [0.15, 0.2) is 0 Å². The number of likely N-dealkylation sites (tertiary alicyclic amines) is 1. The molecular formula is C23H31N5O6. The van der Waals surface area contributed by atoms with Crippen LogP contribution in [0.2, 0.25) is 0 Å². The molecule has 0 bridgehead atoms. The molecule has 4 rings (SSSR count). The second-order valence-corrected chi connectivity index (χ2v) is 8.95. The normalized spacial score (nSPS) is 24.2. The van der Waals surface area contributed by atoms with Gasteiger partial charge in [-0.2, -0.15) is 5.01 Å². The summed E-state index contributed by atoms with van der Waals surface area (Å²) in [6.45, 7) is 5.21. The molecule has 2 N–H and O–H groups in total. The van der Waals surface area contributed by atoms with E-state index in [0.717, 1.165) is 5.01 Å². The molecule has 11 heteroatoms. The Morgan fingerprint density at radius 3 is 2.56 bits per heavy atom. The molecule has 3 aliphatic heterocycles. The van der Waals surface area contributed by atoms with Crippen molar-refractivity contribution < 1.29 is 28.7 Å². The Labute approximate surface area is 198 Å². The molecule has 3 fully saturated rings. The number of hydrogen-bond donors (Lipinski definition) is 2. The van der Waals surface area contributed by atoms with Crippen LogP contribution in [-0.2, 0) is 24.7 Å². The number of rotatable bonds is 6. The molecule has 1 aromatic rings. The molecule has 34 heavy (non-hydrogen) atoms. The van der Waals surface area contributed by atoms with Crippen molar-refractivity contribution in [3.05, 3.63) is 29.8 Å². The van der Waals surface area contributed by atoms with Gasteiger partial charge in [0, 0.05) is 19.0 Å². The fourth-order valence-electron chi connectivity index (χ4n) is 4.61. The molecule has 1 atom stereocenters. The molecule has 0 aromatic heterocycles. The Bertz CT molecular complexity index is 957. The first-order valence-corrected chi connectivity index (χ1v) is 11.5. The highest BCUT2D eigenvalue weighted by Crippen LogP contribution is 2.30. The standard InChI is InChI=1S/C23H31N5O6/c1-23(17-4-3-5-18(14-17)33-2)21(31)28(22(32)24-23)25-19(29)15-26-8-6-16(7-9-26)20(30)27-10-12-34-13-11-27/h3-5,14,16H,6-13,15H2,1-2H3,(H,24,32)(H,25,29). The lowest BCUT2D eigenvalue weighted by Crippen LogP contribution is -2.52. The molecular weight excluding hydrogens is 442 g/mol. The van der Waals surface area contributed by atoms with Crippen molar-refractivity contribution in [2.24, 2.45) is 5.92 Å². The predicted octanol–water partition coefficient (Wildman–Crippen LogP) is 0.0642. The summed E-state index contributed by atoms with van der Waals surface area (Å²) in [6.07, 6.45) is 1.33. The lowest BCUT2D eigenvalue weighted by Gasteiger charge is -2.35. The highest BCUT2D eigenvalue weighted by Gasteiger charge is 2.50. The van der Waals surface area contributed by atoms with Crippen molar-refractivity contribution in [3.8, 4) is 5.75 Å². The second kappa shape index (κ2) is 9.98. The minimum absolute atomic E-state index is 0.0331. The van der Waals surface area contributed by atoms with Crippen LogP contribution in [0.4, 0.5) is 4.79 Å². The number of carbonyl (C=O) groups is 4. The van der Waals surface area contributed by atoms with E-state index >= 15 is 0 Å². The monoisotopic (exact) mass is 473 g/mol. The van der Waals surface area contributed by atoms with Crippen LogP contribution in [0.5, 0.6) is 5.75 Å². The van der Waals surface area contributed by atoms with Crippen molar-refractivity contribution in [1.29, 1.82) is 0 Å². The summed E-state index contributed by atoms with van der Waals surface area (Å²) < 4.78 is 10.5. The van der Waals surface area contributed by atoms with Crippen molar-refractivity contribution >= 4 is 23.8 Å². The zero-order valence-corrected chi connectivity index (χ0v) is 19.5. The Hall–Kier alpha value is -3.18. The maximum absolute atomic E-state index is 13.1. The number of piperidine rings is 1. The van der Waals surface area contributed by atoms with Crippen molar-refractivity contribution in [3.63, 3.8) is 0 Å². The van der Waals surface area contributed by atoms with Crippen LogP contribution < -0.4 is 15.5 Å². The molecule has 1 aromatic carbocycles. The zero-order valence-electron chi connectivity index (χ0n) is 19.5. The Kier molecular flexibility index (Phi) is 7.03. The third kappa shape index (κ3) is 4.85. The number of nitrogens with one attached hydrogen (secondary N) is 2. The molecule has 3 aliphatic rings. The van der Waals surface area contributed by atoms with Crippen LogP contribution >= 0.6 is 0 Å². The summed E-state index contributed by atoms with van der Waals surface area (Å²) in [7, 11) is 1.52. The van der Waals surface area contributed by atoms with E-state index in [1.165, 1.54) is 7.11 Å². The number of hydrazine groups is 1. The average molecular weight is 474 g/mol. The number of urea groups is 1. The van der Waals surface area contributed by atoms with Crippen LogP contribution in [0.25, 0.3) is 0 Å². The molecule has 11 nitrogen and oxygen atoms in total. The molecule has 0 saturated carbocycles. The predicted molar refractivity (Wildman–Crippen MR) is 120 cm³/mol. The smallest absolute Gasteiger partial charge is 0.344 e. The van der Waals surface area contributed by atoms with Crippen molar-refractivity contribution in [2.45, 2.75) is 25.3 Å². The largest absolute Gasteiger partial charge is 0.497 e. The second-order valence-electron chi connectivity index (χ2n) is 8.95. The third-order valence-corrected chi connectivity index (χ3v) is 6.70. The highest BCUT2D eigenvalue weighted by molar-refractivity contribution is 6.08. The minimum atomic E-state index is -1.32. The number of nitrogens with zero attached hydrogens (tertiary/aromatic N) is 3. The maximum Gasteiger partial charge on any atom is 0.344 e. The number of morpholine rings is 1. The summed E-state index contributed by atoms with van der Waals surface area (Å²) in [6, 6.07) is 6.16. The summed E-state index contributed by atoms with van der Waals surface area (Å²) >= 11 is 0. The number of hydrogen-bond acceptors (Lipinski definition) is 7. The lowest BCUT2D eigenvalue weighted by molar-refractivity contribution is -0.142. The Balaban J connectivity index is 1.30. The fourth-order valence-corrected chi connectivity index (χ4v) is 4.61. The number of ether oxygens (including phenoxy) is 2. The van der Waals surface area contributed by atoms with E-state index in [1.807, 2.05) is 9.80 Å². The van der Waals surface area contributed by atoms with Crippen molar-refractivity contribution in [2.75, 3.05) is 53.0 Å². The van der Waals surface area contributed by atoms with Crippen LogP contribution in [0.3, 0.4) is 0 Å². The van der Waals surface area contributed by atoms with Gasteiger partial charge in [0.25, 0.3) is 11.8 Å². The van der Waals surface area contributed by atoms with Gasteiger partial charge in [0.1, 0.15) is 11.3 Å². The first-order valence-electron chi connectivity index (χ1n) is 11.5. The third-order valence-electron chi connectivity index (χ3n) is 6.70. The van der Waals surface area contributed by atoms with E-state index < -0.39 is 23.4 Å². The van der Waals surface area contributed by atoms with Crippen LogP contribution in [0.1, 0.15) is 25.3 Å². The van der Waals surface area contributed by atoms with E-state index in [9.17, 15) is 19.2 Å². The van der Waals surface area contributed by atoms with Gasteiger partial charge in [-0.05, 0) is 50.6 Å². The number of carbonyl (C=O) groups excluding carboxylic acids is 4. The van der Waals surface area contributed by atoms with Crippen LogP contribution in [-0.4, -0.2) is 91.6 Å². The lowest BCUT2D eigenvalue weighted by atomic mass is 9.92. The molecule has 1 unspecified atom stereocenters. The molecule has 184 valence electrons. The van der Waals surface area contributed by atoms with Gasteiger partial charge in [0.2, 0.25) is 5.91 Å². The maximum atomic E-state index is 13.1. The van der Waals surface area contributed by atoms with E-state index in [1.54, 1.807) is 31.2 Å². The molecule has 0 radical (unpaired) electrons. The molecule has 3 heterocycles. The van der Waals surface area contributed by atoms with Gasteiger partial charge in [-0.15, -0.1) is 0 Å². The van der Waals surface area contributed by atoms with Gasteiger partial charge < -0.3 is 19.7 Å². The van der Waals surface area contributed by atoms with Crippen LogP contribution in [0, 0.1) is 5.92 Å². The topological polar surface area (TPSA) is 121 Å². The quantitative estimate of drug-likeness (QED) is 0.561. The number of methoxy groups -OCH3 is 1. The SMILES string of the molecule is COc1cccc(C2(C)NC(=O)N(NC(=O)CN3CCC(C(=O)N4CCOCC4)CC3)C2=O)c1. The number of amides is 5. The Morgan fingerprint density at radius 2 is 1.88 bits per heavy atom. The van der Waals surface area contributed by atoms with Crippen LogP contribution in [0.15, 0.2) is 24.3 Å². The van der Waals surface area contributed by atoms with E-state index in [2.05, 4.69) is 10.7 Å². The van der Waals surface area contributed by atoms with Crippen molar-refractivity contribution in [1.82, 2.24) is 25.6 Å². The summed E-state index contributed by atoms with van der Waals surface area (Å²) in [5, 5.41) is 3.39. The van der Waals surface area contributed by atoms with Gasteiger partial charge in [-0.1, -0.05) is 12.1 Å². The van der Waals surface area contributed by atoms with Gasteiger partial charge in [-0.3, -0.25) is 24.7 Å². The van der Waals surface area contributed by atoms with Gasteiger partial charge >= 0.3 is 6.03 Å². The number of imide groups is 1. The molecule has 0 aliphatic carbocycles. The highest BCUT2D eigenvalue weighted by atomic mass is 16.5. The molecule has 0 spiro atoms. The number of benzene rings is 1. The van der Waals surface area contributed by atoms with Gasteiger partial charge in [-0.25, -0.2) is 4.79 Å². The average Bonchev–Trinajstić information content (AvgIpc) is 3.08. The first-order chi connectivity index (χ1) is 16.3. The summed E-state index contributed by atoms with van der Waals surface area (Å²) in [4.78, 5) is 54.7.